The van der Waals surface area contributed by atoms with Crippen LogP contribution in [-0.2, 0) is 6.61 Å². The van der Waals surface area contributed by atoms with E-state index in [4.69, 9.17) is 14.9 Å². The fraction of sp³-hybridized carbons (Fsp3) is 0.538. The summed E-state index contributed by atoms with van der Waals surface area (Å²) in [5.74, 6) is 0.735. The van der Waals surface area contributed by atoms with Crippen molar-refractivity contribution in [2.45, 2.75) is 39.4 Å². The number of ether oxygens (including phenoxy) is 1. The van der Waals surface area contributed by atoms with Gasteiger partial charge in [-0.05, 0) is 32.8 Å². The van der Waals surface area contributed by atoms with Gasteiger partial charge >= 0.3 is 0 Å². The van der Waals surface area contributed by atoms with E-state index in [1.807, 2.05) is 25.1 Å². The molecule has 0 aromatic heterocycles. The molecule has 1 rings (SSSR count). The van der Waals surface area contributed by atoms with E-state index in [1.165, 1.54) is 0 Å². The number of benzene rings is 1. The molecule has 1 aromatic rings. The molecular weight excluding hydrogens is 204 g/mol. The highest BCUT2D eigenvalue weighted by atomic mass is 16.5. The first-order valence-corrected chi connectivity index (χ1v) is 5.64. The molecule has 16 heavy (non-hydrogen) atoms. The second-order valence-electron chi connectivity index (χ2n) is 4.11. The van der Waals surface area contributed by atoms with Crippen molar-refractivity contribution in [3.8, 4) is 5.75 Å². The van der Waals surface area contributed by atoms with Gasteiger partial charge in [0.1, 0.15) is 5.75 Å². The minimum atomic E-state index is -0.279. The maximum atomic E-state index is 9.17. The minimum Gasteiger partial charge on any atom is -0.493 e. The van der Waals surface area contributed by atoms with Gasteiger partial charge in [0.25, 0.3) is 0 Å². The fourth-order valence-electron chi connectivity index (χ4n) is 1.53. The standard InChI is InChI=1S/C13H20O3/c1-10-5-6-13(12(8-10)9-14)16-7-3-4-11(2)15/h5-6,8,11,14-15H,3-4,7,9H2,1-2H3. The molecule has 0 fully saturated rings. The van der Waals surface area contributed by atoms with Crippen molar-refractivity contribution in [2.24, 2.45) is 0 Å². The van der Waals surface area contributed by atoms with Crippen LogP contribution in [0.4, 0.5) is 0 Å². The van der Waals surface area contributed by atoms with Crippen molar-refractivity contribution in [1.82, 2.24) is 0 Å². The number of aryl methyl sites for hydroxylation is 1. The largest absolute Gasteiger partial charge is 0.493 e. The van der Waals surface area contributed by atoms with E-state index in [0.29, 0.717) is 6.61 Å². The molecule has 2 N–H and O–H groups in total. The molecule has 3 heteroatoms. The summed E-state index contributed by atoms with van der Waals surface area (Å²) in [6.45, 7) is 4.32. The second kappa shape index (κ2) is 6.51. The molecule has 3 nitrogen and oxygen atoms in total. The molecule has 0 heterocycles. The second-order valence-corrected chi connectivity index (χ2v) is 4.11. The molecule has 0 radical (unpaired) electrons. The highest BCUT2D eigenvalue weighted by Crippen LogP contribution is 2.20. The summed E-state index contributed by atoms with van der Waals surface area (Å²) in [6, 6.07) is 5.76. The first-order valence-electron chi connectivity index (χ1n) is 5.64. The van der Waals surface area contributed by atoms with E-state index in [2.05, 4.69) is 0 Å². The maximum Gasteiger partial charge on any atom is 0.124 e. The van der Waals surface area contributed by atoms with Gasteiger partial charge in [-0.25, -0.2) is 0 Å². The Hall–Kier alpha value is -1.06. The lowest BCUT2D eigenvalue weighted by molar-refractivity contribution is 0.169. The van der Waals surface area contributed by atoms with Crippen molar-refractivity contribution in [3.05, 3.63) is 29.3 Å². The number of hydrogen-bond acceptors (Lipinski definition) is 3. The summed E-state index contributed by atoms with van der Waals surface area (Å²) in [6.07, 6.45) is 1.27. The van der Waals surface area contributed by atoms with Crippen LogP contribution in [0, 0.1) is 6.92 Å². The van der Waals surface area contributed by atoms with Crippen LogP contribution in [0.1, 0.15) is 30.9 Å². The number of hydrogen-bond donors (Lipinski definition) is 2. The Morgan fingerprint density at radius 2 is 2.12 bits per heavy atom. The van der Waals surface area contributed by atoms with Gasteiger partial charge in [0.05, 0.1) is 19.3 Å². The van der Waals surface area contributed by atoms with Crippen LogP contribution in [0.15, 0.2) is 18.2 Å². The van der Waals surface area contributed by atoms with Crippen molar-refractivity contribution in [3.63, 3.8) is 0 Å². The van der Waals surface area contributed by atoms with Gasteiger partial charge < -0.3 is 14.9 Å². The Kier molecular flexibility index (Phi) is 5.29. The number of aliphatic hydroxyl groups excluding tert-OH is 2. The van der Waals surface area contributed by atoms with E-state index in [1.54, 1.807) is 6.92 Å². The van der Waals surface area contributed by atoms with Gasteiger partial charge in [-0.15, -0.1) is 0 Å². The summed E-state index contributed by atoms with van der Waals surface area (Å²) >= 11 is 0. The first kappa shape index (κ1) is 13.0. The van der Waals surface area contributed by atoms with E-state index >= 15 is 0 Å². The first-order chi connectivity index (χ1) is 7.63. The van der Waals surface area contributed by atoms with E-state index < -0.39 is 0 Å². The summed E-state index contributed by atoms with van der Waals surface area (Å²) in [5.41, 5.74) is 1.93. The topological polar surface area (TPSA) is 49.7 Å². The normalized spacial score (nSPS) is 12.5. The van der Waals surface area contributed by atoms with Crippen LogP contribution in [-0.4, -0.2) is 22.9 Å². The molecule has 90 valence electrons. The lowest BCUT2D eigenvalue weighted by Gasteiger charge is -2.11. The highest BCUT2D eigenvalue weighted by molar-refractivity contribution is 5.36. The van der Waals surface area contributed by atoms with Gasteiger partial charge in [-0.2, -0.15) is 0 Å². The molecule has 1 atom stereocenters. The predicted molar refractivity (Wildman–Crippen MR) is 63.5 cm³/mol. The van der Waals surface area contributed by atoms with Crippen molar-refractivity contribution < 1.29 is 14.9 Å². The third-order valence-corrected chi connectivity index (χ3v) is 2.41. The average Bonchev–Trinajstić information content (AvgIpc) is 2.25. The zero-order valence-electron chi connectivity index (χ0n) is 9.94. The van der Waals surface area contributed by atoms with Gasteiger partial charge in [0.15, 0.2) is 0 Å². The van der Waals surface area contributed by atoms with Crippen LogP contribution in [0.25, 0.3) is 0 Å². The number of rotatable bonds is 6. The van der Waals surface area contributed by atoms with E-state index in [9.17, 15) is 0 Å². The van der Waals surface area contributed by atoms with E-state index in [0.717, 1.165) is 29.7 Å². The fourth-order valence-corrected chi connectivity index (χ4v) is 1.53. The van der Waals surface area contributed by atoms with Gasteiger partial charge in [-0.3, -0.25) is 0 Å². The Morgan fingerprint density at radius 3 is 2.75 bits per heavy atom. The zero-order valence-corrected chi connectivity index (χ0v) is 9.94. The molecule has 0 aliphatic carbocycles. The molecule has 0 amide bonds. The zero-order chi connectivity index (χ0) is 12.0. The van der Waals surface area contributed by atoms with Gasteiger partial charge in [0, 0.05) is 5.56 Å². The molecule has 0 bridgehead atoms. The molecule has 0 aliphatic heterocycles. The smallest absolute Gasteiger partial charge is 0.124 e. The van der Waals surface area contributed by atoms with Crippen molar-refractivity contribution in [2.75, 3.05) is 6.61 Å². The SMILES string of the molecule is Cc1ccc(OCCCC(C)O)c(CO)c1. The monoisotopic (exact) mass is 224 g/mol. The lowest BCUT2D eigenvalue weighted by Crippen LogP contribution is -2.05. The summed E-state index contributed by atoms with van der Waals surface area (Å²) in [7, 11) is 0. The van der Waals surface area contributed by atoms with Crippen LogP contribution in [0.3, 0.4) is 0 Å². The van der Waals surface area contributed by atoms with Crippen LogP contribution >= 0.6 is 0 Å². The molecule has 0 spiro atoms. The number of aliphatic hydroxyl groups is 2. The Morgan fingerprint density at radius 1 is 1.38 bits per heavy atom. The van der Waals surface area contributed by atoms with Crippen LogP contribution < -0.4 is 4.74 Å². The molecule has 0 saturated carbocycles. The lowest BCUT2D eigenvalue weighted by atomic mass is 10.1. The van der Waals surface area contributed by atoms with Gasteiger partial charge in [0.2, 0.25) is 0 Å². The van der Waals surface area contributed by atoms with Crippen molar-refractivity contribution >= 4 is 0 Å². The summed E-state index contributed by atoms with van der Waals surface area (Å²) < 4.78 is 5.56. The van der Waals surface area contributed by atoms with Gasteiger partial charge in [-0.1, -0.05) is 17.7 Å². The quantitative estimate of drug-likeness (QED) is 0.727. The summed E-state index contributed by atoms with van der Waals surface area (Å²) in [4.78, 5) is 0. The molecule has 0 saturated heterocycles. The minimum absolute atomic E-state index is 0.00653. The molecule has 0 aliphatic rings. The third-order valence-electron chi connectivity index (χ3n) is 2.41. The van der Waals surface area contributed by atoms with Crippen LogP contribution in [0.2, 0.25) is 0 Å². The maximum absolute atomic E-state index is 9.17. The average molecular weight is 224 g/mol. The Labute approximate surface area is 96.7 Å². The Balaban J connectivity index is 2.47. The molecular formula is C13H20O3. The highest BCUT2D eigenvalue weighted by Gasteiger charge is 2.03. The third kappa shape index (κ3) is 4.21. The predicted octanol–water partition coefficient (Wildman–Crippen LogP) is 2.03. The summed E-state index contributed by atoms with van der Waals surface area (Å²) in [5, 5.41) is 18.3. The van der Waals surface area contributed by atoms with Crippen molar-refractivity contribution in [1.29, 1.82) is 0 Å². The Bertz CT molecular complexity index is 321. The molecule has 1 aromatic carbocycles. The van der Waals surface area contributed by atoms with Crippen LogP contribution in [0.5, 0.6) is 5.75 Å². The van der Waals surface area contributed by atoms with E-state index in [-0.39, 0.29) is 12.7 Å². The molecule has 1 unspecified atom stereocenters.